The van der Waals surface area contributed by atoms with E-state index in [-0.39, 0.29) is 11.3 Å². The molecule has 0 atom stereocenters. The van der Waals surface area contributed by atoms with Gasteiger partial charge in [-0.05, 0) is 49.4 Å². The SMILES string of the molecule is Cc1oc(-c2ccc(Cl)cc2)nc1CN1CC2(CC(C(=O)O)C2)C1. The Bertz CT molecular complexity index is 770. The normalized spacial score (nSPS) is 19.9. The van der Waals surface area contributed by atoms with Gasteiger partial charge in [0.05, 0.1) is 11.6 Å². The minimum atomic E-state index is -0.654. The number of likely N-dealkylation sites (tertiary alicyclic amines) is 1. The fraction of sp³-hybridized carbons (Fsp3) is 0.444. The van der Waals surface area contributed by atoms with Crippen molar-refractivity contribution in [3.05, 3.63) is 40.7 Å². The maximum Gasteiger partial charge on any atom is 0.306 e. The Morgan fingerprint density at radius 3 is 2.67 bits per heavy atom. The first-order valence-corrected chi connectivity index (χ1v) is 8.49. The number of hydrogen-bond donors (Lipinski definition) is 1. The van der Waals surface area contributed by atoms with Crippen molar-refractivity contribution in [2.75, 3.05) is 13.1 Å². The zero-order valence-corrected chi connectivity index (χ0v) is 14.2. The maximum atomic E-state index is 10.9. The summed E-state index contributed by atoms with van der Waals surface area (Å²) in [6.07, 6.45) is 1.62. The van der Waals surface area contributed by atoms with E-state index in [1.165, 1.54) is 0 Å². The summed E-state index contributed by atoms with van der Waals surface area (Å²) in [7, 11) is 0. The lowest BCUT2D eigenvalue weighted by Crippen LogP contribution is -2.62. The van der Waals surface area contributed by atoms with Gasteiger partial charge in [-0.1, -0.05) is 11.6 Å². The zero-order chi connectivity index (χ0) is 16.9. The lowest BCUT2D eigenvalue weighted by molar-refractivity contribution is -0.161. The molecule has 1 aliphatic heterocycles. The molecule has 1 aliphatic carbocycles. The summed E-state index contributed by atoms with van der Waals surface area (Å²) < 4.78 is 5.79. The summed E-state index contributed by atoms with van der Waals surface area (Å²) in [4.78, 5) is 17.9. The van der Waals surface area contributed by atoms with Gasteiger partial charge in [0.15, 0.2) is 0 Å². The summed E-state index contributed by atoms with van der Waals surface area (Å²) in [5.41, 5.74) is 2.10. The molecule has 1 saturated heterocycles. The number of rotatable bonds is 4. The summed E-state index contributed by atoms with van der Waals surface area (Å²) in [6, 6.07) is 7.45. The molecule has 126 valence electrons. The van der Waals surface area contributed by atoms with Crippen LogP contribution in [0.2, 0.25) is 5.02 Å². The number of hydrogen-bond acceptors (Lipinski definition) is 4. The molecule has 1 spiro atoms. The number of carbonyl (C=O) groups is 1. The second kappa shape index (κ2) is 5.60. The van der Waals surface area contributed by atoms with Crippen molar-refractivity contribution < 1.29 is 14.3 Å². The van der Waals surface area contributed by atoms with Crippen molar-refractivity contribution in [2.45, 2.75) is 26.3 Å². The van der Waals surface area contributed by atoms with Gasteiger partial charge < -0.3 is 9.52 Å². The van der Waals surface area contributed by atoms with Gasteiger partial charge >= 0.3 is 5.97 Å². The molecule has 5 nitrogen and oxygen atoms in total. The molecule has 0 unspecified atom stereocenters. The van der Waals surface area contributed by atoms with Crippen LogP contribution in [-0.4, -0.2) is 34.0 Å². The van der Waals surface area contributed by atoms with Gasteiger partial charge in [0.2, 0.25) is 5.89 Å². The molecular formula is C18H19ClN2O3. The number of benzene rings is 1. The van der Waals surface area contributed by atoms with Gasteiger partial charge in [0, 0.05) is 30.2 Å². The molecule has 2 aromatic rings. The Kier molecular flexibility index (Phi) is 3.66. The lowest BCUT2D eigenvalue weighted by atomic mass is 9.58. The number of nitrogens with zero attached hydrogens (tertiary/aromatic N) is 2. The number of oxazole rings is 1. The third-order valence-corrected chi connectivity index (χ3v) is 5.44. The van der Waals surface area contributed by atoms with Gasteiger partial charge in [-0.15, -0.1) is 0 Å². The van der Waals surface area contributed by atoms with Gasteiger partial charge in [0.1, 0.15) is 5.76 Å². The number of halogens is 1. The van der Waals surface area contributed by atoms with E-state index in [0.29, 0.717) is 10.9 Å². The van der Waals surface area contributed by atoms with Crippen LogP contribution in [0.15, 0.2) is 28.7 Å². The summed E-state index contributed by atoms with van der Waals surface area (Å²) in [5.74, 6) is 0.651. The van der Waals surface area contributed by atoms with E-state index in [0.717, 1.165) is 49.5 Å². The summed E-state index contributed by atoms with van der Waals surface area (Å²) >= 11 is 5.91. The molecule has 4 rings (SSSR count). The van der Waals surface area contributed by atoms with Crippen molar-refractivity contribution in [3.63, 3.8) is 0 Å². The van der Waals surface area contributed by atoms with Crippen molar-refractivity contribution in [1.29, 1.82) is 0 Å². The molecule has 0 radical (unpaired) electrons. The Morgan fingerprint density at radius 2 is 2.04 bits per heavy atom. The number of aryl methyl sites for hydroxylation is 1. The second-order valence-corrected chi connectivity index (χ2v) is 7.55. The lowest BCUT2D eigenvalue weighted by Gasteiger charge is -2.58. The monoisotopic (exact) mass is 346 g/mol. The highest BCUT2D eigenvalue weighted by atomic mass is 35.5. The Morgan fingerprint density at radius 1 is 1.38 bits per heavy atom. The van der Waals surface area contributed by atoms with Crippen LogP contribution >= 0.6 is 11.6 Å². The summed E-state index contributed by atoms with van der Waals surface area (Å²) in [5, 5.41) is 9.69. The molecule has 6 heteroatoms. The minimum absolute atomic E-state index is 0.141. The first-order chi connectivity index (χ1) is 11.4. The van der Waals surface area contributed by atoms with Gasteiger partial charge in [-0.25, -0.2) is 4.98 Å². The zero-order valence-electron chi connectivity index (χ0n) is 13.5. The van der Waals surface area contributed by atoms with Crippen molar-refractivity contribution >= 4 is 17.6 Å². The molecule has 1 N–H and O–H groups in total. The van der Waals surface area contributed by atoms with Crippen molar-refractivity contribution in [3.8, 4) is 11.5 Å². The van der Waals surface area contributed by atoms with E-state index in [1.807, 2.05) is 31.2 Å². The van der Waals surface area contributed by atoms with Crippen LogP contribution < -0.4 is 0 Å². The molecule has 0 amide bonds. The van der Waals surface area contributed by atoms with Crippen molar-refractivity contribution in [1.82, 2.24) is 9.88 Å². The predicted octanol–water partition coefficient (Wildman–Crippen LogP) is 3.60. The van der Waals surface area contributed by atoms with Crippen LogP contribution in [-0.2, 0) is 11.3 Å². The molecule has 2 heterocycles. The molecule has 1 saturated carbocycles. The van der Waals surface area contributed by atoms with E-state index in [9.17, 15) is 4.79 Å². The largest absolute Gasteiger partial charge is 0.481 e. The Balaban J connectivity index is 1.38. The van der Waals surface area contributed by atoms with E-state index >= 15 is 0 Å². The fourth-order valence-electron chi connectivity index (χ4n) is 3.94. The average molecular weight is 347 g/mol. The third kappa shape index (κ3) is 2.72. The highest BCUT2D eigenvalue weighted by Crippen LogP contribution is 2.52. The highest BCUT2D eigenvalue weighted by molar-refractivity contribution is 6.30. The van der Waals surface area contributed by atoms with E-state index in [1.54, 1.807) is 0 Å². The van der Waals surface area contributed by atoms with E-state index in [2.05, 4.69) is 9.88 Å². The van der Waals surface area contributed by atoms with E-state index in [4.69, 9.17) is 21.1 Å². The molecule has 2 fully saturated rings. The number of aliphatic carboxylic acids is 1. The first kappa shape index (κ1) is 15.7. The third-order valence-electron chi connectivity index (χ3n) is 5.18. The van der Waals surface area contributed by atoms with Crippen LogP contribution in [0.25, 0.3) is 11.5 Å². The Labute approximate surface area is 145 Å². The molecule has 1 aromatic heterocycles. The van der Waals surface area contributed by atoms with Crippen LogP contribution in [0.4, 0.5) is 0 Å². The highest BCUT2D eigenvalue weighted by Gasteiger charge is 2.54. The maximum absolute atomic E-state index is 10.9. The summed E-state index contributed by atoms with van der Waals surface area (Å²) in [6.45, 7) is 4.60. The number of carboxylic acid groups (broad SMARTS) is 1. The van der Waals surface area contributed by atoms with Crippen LogP contribution in [0, 0.1) is 18.3 Å². The number of aromatic nitrogens is 1. The molecule has 1 aromatic carbocycles. The standard InChI is InChI=1S/C18H19ClN2O3/c1-11-15(20-16(24-11)12-2-4-14(19)5-3-12)8-21-9-18(10-21)6-13(7-18)17(22)23/h2-5,13H,6-10H2,1H3,(H,22,23). The van der Waals surface area contributed by atoms with Gasteiger partial charge in [0.25, 0.3) is 0 Å². The first-order valence-electron chi connectivity index (χ1n) is 8.12. The van der Waals surface area contributed by atoms with Gasteiger partial charge in [-0.3, -0.25) is 9.69 Å². The molecule has 24 heavy (non-hydrogen) atoms. The topological polar surface area (TPSA) is 66.6 Å². The van der Waals surface area contributed by atoms with Gasteiger partial charge in [-0.2, -0.15) is 0 Å². The molecule has 0 bridgehead atoms. The molecular weight excluding hydrogens is 328 g/mol. The second-order valence-electron chi connectivity index (χ2n) is 7.12. The quantitative estimate of drug-likeness (QED) is 0.916. The predicted molar refractivity (Wildman–Crippen MR) is 89.8 cm³/mol. The average Bonchev–Trinajstić information content (AvgIpc) is 2.81. The van der Waals surface area contributed by atoms with Crippen LogP contribution in [0.3, 0.4) is 0 Å². The smallest absolute Gasteiger partial charge is 0.306 e. The molecule has 2 aliphatic rings. The van der Waals surface area contributed by atoms with Crippen LogP contribution in [0.5, 0.6) is 0 Å². The fourth-order valence-corrected chi connectivity index (χ4v) is 4.06. The van der Waals surface area contributed by atoms with Crippen molar-refractivity contribution in [2.24, 2.45) is 11.3 Å². The number of carboxylic acids is 1. The van der Waals surface area contributed by atoms with E-state index < -0.39 is 5.97 Å². The minimum Gasteiger partial charge on any atom is -0.481 e. The Hall–Kier alpha value is -1.85. The van der Waals surface area contributed by atoms with Crippen LogP contribution in [0.1, 0.15) is 24.3 Å².